The first-order valence-corrected chi connectivity index (χ1v) is 5.32. The van der Waals surface area contributed by atoms with Crippen LogP contribution in [-0.4, -0.2) is 28.1 Å². The van der Waals surface area contributed by atoms with E-state index in [9.17, 15) is 9.59 Å². The van der Waals surface area contributed by atoms with Gasteiger partial charge in [0.2, 0.25) is 0 Å². The van der Waals surface area contributed by atoms with E-state index in [1.165, 1.54) is 6.20 Å². The highest BCUT2D eigenvalue weighted by molar-refractivity contribution is 5.88. The second-order valence-electron chi connectivity index (χ2n) is 3.52. The van der Waals surface area contributed by atoms with Crippen molar-refractivity contribution in [2.24, 2.45) is 0 Å². The minimum atomic E-state index is -0.361. The summed E-state index contributed by atoms with van der Waals surface area (Å²) in [6.45, 7) is 4.32. The largest absolute Gasteiger partial charge is 0.462 e. The number of ether oxygens (including phenoxy) is 1. The molecule has 0 spiro atoms. The summed E-state index contributed by atoms with van der Waals surface area (Å²) in [5, 5.41) is 4.02. The van der Waals surface area contributed by atoms with Gasteiger partial charge in [0.25, 0.3) is 0 Å². The van der Waals surface area contributed by atoms with Crippen LogP contribution < -0.4 is 0 Å². The molecule has 0 aliphatic heterocycles. The molecule has 0 aromatic carbocycles. The Morgan fingerprint density at radius 2 is 2.25 bits per heavy atom. The van der Waals surface area contributed by atoms with Gasteiger partial charge in [-0.1, -0.05) is 0 Å². The molecule has 88 valence electrons. The number of ketones is 1. The van der Waals surface area contributed by atoms with E-state index in [0.717, 1.165) is 6.42 Å². The minimum Gasteiger partial charge on any atom is -0.462 e. The number of carbonyl (C=O) groups is 2. The molecule has 0 unspecified atom stereocenters. The fraction of sp³-hybridized carbons (Fsp3) is 0.545. The summed E-state index contributed by atoms with van der Waals surface area (Å²) in [7, 11) is 0. The van der Waals surface area contributed by atoms with Crippen LogP contribution in [0.1, 0.15) is 37.0 Å². The van der Waals surface area contributed by atoms with Crippen molar-refractivity contribution in [3.63, 3.8) is 0 Å². The zero-order valence-electron chi connectivity index (χ0n) is 9.60. The van der Waals surface area contributed by atoms with Crippen molar-refractivity contribution in [3.05, 3.63) is 18.0 Å². The number of esters is 1. The highest BCUT2D eigenvalue weighted by Crippen LogP contribution is 2.02. The van der Waals surface area contributed by atoms with E-state index in [4.69, 9.17) is 4.74 Å². The molecule has 0 atom stereocenters. The molecule has 0 fully saturated rings. The van der Waals surface area contributed by atoms with Crippen molar-refractivity contribution in [2.75, 3.05) is 6.61 Å². The SMILES string of the molecule is CCOC(=O)c1cnn(CCCC(C)=O)c1. The van der Waals surface area contributed by atoms with Gasteiger partial charge in [-0.2, -0.15) is 5.10 Å². The van der Waals surface area contributed by atoms with E-state index < -0.39 is 0 Å². The lowest BCUT2D eigenvalue weighted by molar-refractivity contribution is -0.117. The molecule has 1 aromatic rings. The van der Waals surface area contributed by atoms with Crippen molar-refractivity contribution >= 4 is 11.8 Å². The lowest BCUT2D eigenvalue weighted by Crippen LogP contribution is -2.04. The van der Waals surface area contributed by atoms with E-state index in [0.29, 0.717) is 25.1 Å². The molecule has 1 heterocycles. The third kappa shape index (κ3) is 3.84. The fourth-order valence-corrected chi connectivity index (χ4v) is 1.30. The predicted molar refractivity (Wildman–Crippen MR) is 58.1 cm³/mol. The second kappa shape index (κ2) is 6.05. The first-order valence-electron chi connectivity index (χ1n) is 5.32. The Morgan fingerprint density at radius 1 is 1.50 bits per heavy atom. The van der Waals surface area contributed by atoms with Gasteiger partial charge >= 0.3 is 5.97 Å². The summed E-state index contributed by atoms with van der Waals surface area (Å²) in [6, 6.07) is 0. The zero-order chi connectivity index (χ0) is 12.0. The molecule has 1 rings (SSSR count). The molecule has 0 N–H and O–H groups in total. The van der Waals surface area contributed by atoms with Crippen LogP contribution in [0, 0.1) is 0 Å². The second-order valence-corrected chi connectivity index (χ2v) is 3.52. The van der Waals surface area contributed by atoms with Gasteiger partial charge in [-0.15, -0.1) is 0 Å². The monoisotopic (exact) mass is 224 g/mol. The Morgan fingerprint density at radius 3 is 2.88 bits per heavy atom. The van der Waals surface area contributed by atoms with Crippen molar-refractivity contribution in [3.8, 4) is 0 Å². The molecular formula is C11H16N2O3. The first kappa shape index (κ1) is 12.4. The van der Waals surface area contributed by atoms with Crippen LogP contribution in [0.15, 0.2) is 12.4 Å². The van der Waals surface area contributed by atoms with Gasteiger partial charge in [-0.25, -0.2) is 4.79 Å². The molecule has 0 bridgehead atoms. The number of hydrogen-bond acceptors (Lipinski definition) is 4. The van der Waals surface area contributed by atoms with Gasteiger partial charge in [-0.05, 0) is 20.3 Å². The summed E-state index contributed by atoms with van der Waals surface area (Å²) in [5.41, 5.74) is 0.449. The zero-order valence-corrected chi connectivity index (χ0v) is 9.60. The molecule has 0 aliphatic rings. The van der Waals surface area contributed by atoms with Gasteiger partial charge in [0.05, 0.1) is 18.4 Å². The van der Waals surface area contributed by atoms with E-state index >= 15 is 0 Å². The molecule has 0 amide bonds. The van der Waals surface area contributed by atoms with Crippen LogP contribution in [-0.2, 0) is 16.1 Å². The topological polar surface area (TPSA) is 61.2 Å². The van der Waals surface area contributed by atoms with Gasteiger partial charge in [0, 0.05) is 19.2 Å². The first-order chi connectivity index (χ1) is 7.63. The number of Topliss-reactive ketones (excluding diaryl/α,β-unsaturated/α-hetero) is 1. The Kier molecular flexibility index (Phi) is 4.69. The number of nitrogens with zero attached hydrogens (tertiary/aromatic N) is 2. The van der Waals surface area contributed by atoms with Crippen LogP contribution in [0.5, 0.6) is 0 Å². The Bertz CT molecular complexity index is 371. The van der Waals surface area contributed by atoms with Gasteiger partial charge in [0.1, 0.15) is 5.78 Å². The predicted octanol–water partition coefficient (Wildman–Crippen LogP) is 1.43. The molecule has 0 radical (unpaired) electrons. The Hall–Kier alpha value is -1.65. The normalized spacial score (nSPS) is 10.1. The van der Waals surface area contributed by atoms with Crippen molar-refractivity contribution in [2.45, 2.75) is 33.2 Å². The van der Waals surface area contributed by atoms with Gasteiger partial charge in [-0.3, -0.25) is 4.68 Å². The molecular weight excluding hydrogens is 208 g/mol. The van der Waals surface area contributed by atoms with E-state index in [1.54, 1.807) is 24.7 Å². The van der Waals surface area contributed by atoms with E-state index in [-0.39, 0.29) is 11.8 Å². The number of aryl methyl sites for hydroxylation is 1. The molecule has 16 heavy (non-hydrogen) atoms. The lowest BCUT2D eigenvalue weighted by atomic mass is 10.2. The van der Waals surface area contributed by atoms with Crippen LogP contribution in [0.2, 0.25) is 0 Å². The van der Waals surface area contributed by atoms with Crippen molar-refractivity contribution in [1.82, 2.24) is 9.78 Å². The summed E-state index contributed by atoms with van der Waals surface area (Å²) in [4.78, 5) is 22.0. The average Bonchev–Trinajstić information content (AvgIpc) is 2.66. The third-order valence-corrected chi connectivity index (χ3v) is 2.06. The Balaban J connectivity index is 2.45. The quantitative estimate of drug-likeness (QED) is 0.686. The smallest absolute Gasteiger partial charge is 0.341 e. The lowest BCUT2D eigenvalue weighted by Gasteiger charge is -1.99. The molecule has 0 saturated heterocycles. The molecule has 5 nitrogen and oxygen atoms in total. The summed E-state index contributed by atoms with van der Waals surface area (Å²) < 4.78 is 6.49. The molecule has 5 heteroatoms. The van der Waals surface area contributed by atoms with Crippen molar-refractivity contribution in [1.29, 1.82) is 0 Å². The highest BCUT2D eigenvalue weighted by Gasteiger charge is 2.08. The standard InChI is InChI=1S/C11H16N2O3/c1-3-16-11(15)10-7-12-13(8-10)6-4-5-9(2)14/h7-8H,3-6H2,1-2H3. The van der Waals surface area contributed by atoms with Crippen LogP contribution in [0.25, 0.3) is 0 Å². The van der Waals surface area contributed by atoms with E-state index in [2.05, 4.69) is 5.10 Å². The molecule has 0 saturated carbocycles. The average molecular weight is 224 g/mol. The minimum absolute atomic E-state index is 0.165. The third-order valence-electron chi connectivity index (χ3n) is 2.06. The number of carbonyl (C=O) groups excluding carboxylic acids is 2. The Labute approximate surface area is 94.4 Å². The maximum atomic E-state index is 11.3. The van der Waals surface area contributed by atoms with Crippen molar-refractivity contribution < 1.29 is 14.3 Å². The maximum Gasteiger partial charge on any atom is 0.341 e. The highest BCUT2D eigenvalue weighted by atomic mass is 16.5. The molecule has 1 aromatic heterocycles. The summed E-state index contributed by atoms with van der Waals surface area (Å²) >= 11 is 0. The number of rotatable bonds is 6. The number of aromatic nitrogens is 2. The summed E-state index contributed by atoms with van der Waals surface area (Å²) in [6.07, 6.45) is 4.39. The molecule has 0 aliphatic carbocycles. The summed E-state index contributed by atoms with van der Waals surface area (Å²) in [5.74, 6) is -0.196. The number of hydrogen-bond donors (Lipinski definition) is 0. The van der Waals surface area contributed by atoms with Gasteiger partial charge in [0.15, 0.2) is 0 Å². The van der Waals surface area contributed by atoms with Gasteiger partial charge < -0.3 is 9.53 Å². The van der Waals surface area contributed by atoms with E-state index in [1.807, 2.05) is 0 Å². The van der Waals surface area contributed by atoms with Crippen LogP contribution in [0.4, 0.5) is 0 Å². The fourth-order valence-electron chi connectivity index (χ4n) is 1.30. The van der Waals surface area contributed by atoms with Crippen LogP contribution in [0.3, 0.4) is 0 Å². The maximum absolute atomic E-state index is 11.3. The van der Waals surface area contributed by atoms with Crippen LogP contribution >= 0.6 is 0 Å².